The zero-order chi connectivity index (χ0) is 13.4. The van der Waals surface area contributed by atoms with Crippen molar-refractivity contribution in [1.29, 1.82) is 0 Å². The average Bonchev–Trinajstić information content (AvgIpc) is 2.81. The Hall–Kier alpha value is -0.880. The van der Waals surface area contributed by atoms with Gasteiger partial charge in [0.1, 0.15) is 0 Å². The Balaban J connectivity index is 2.11. The van der Waals surface area contributed by atoms with Crippen molar-refractivity contribution in [3.8, 4) is 0 Å². The predicted octanol–water partition coefficient (Wildman–Crippen LogP) is 2.29. The lowest BCUT2D eigenvalue weighted by Crippen LogP contribution is -2.25. The third-order valence-electron chi connectivity index (χ3n) is 2.76. The Morgan fingerprint density at radius 2 is 2.00 bits per heavy atom. The van der Waals surface area contributed by atoms with Crippen molar-refractivity contribution < 1.29 is 8.42 Å². The molecule has 0 saturated heterocycles. The van der Waals surface area contributed by atoms with Crippen LogP contribution >= 0.6 is 0 Å². The molecule has 0 atom stereocenters. The van der Waals surface area contributed by atoms with Crippen LogP contribution in [0.25, 0.3) is 0 Å². The van der Waals surface area contributed by atoms with E-state index in [0.29, 0.717) is 6.54 Å². The van der Waals surface area contributed by atoms with Gasteiger partial charge in [-0.25, -0.2) is 18.1 Å². The van der Waals surface area contributed by atoms with E-state index in [1.807, 2.05) is 0 Å². The van der Waals surface area contributed by atoms with Gasteiger partial charge < -0.3 is 4.98 Å². The van der Waals surface area contributed by atoms with Gasteiger partial charge in [-0.05, 0) is 12.3 Å². The molecule has 0 spiro atoms. The number of unbranched alkanes of at least 4 members (excludes halogenated alkanes) is 3. The zero-order valence-corrected chi connectivity index (χ0v) is 12.0. The van der Waals surface area contributed by atoms with E-state index in [-0.39, 0.29) is 5.03 Å². The minimum absolute atomic E-state index is 0.127. The summed E-state index contributed by atoms with van der Waals surface area (Å²) in [6, 6.07) is 0. The smallest absolute Gasteiger partial charge is 0.257 e. The van der Waals surface area contributed by atoms with E-state index < -0.39 is 10.0 Å². The summed E-state index contributed by atoms with van der Waals surface area (Å²) >= 11 is 0. The molecule has 0 unspecified atom stereocenters. The molecule has 0 aliphatic carbocycles. The van der Waals surface area contributed by atoms with Crippen LogP contribution in [0.3, 0.4) is 0 Å². The second-order valence-corrected chi connectivity index (χ2v) is 6.65. The fourth-order valence-electron chi connectivity index (χ4n) is 1.71. The van der Waals surface area contributed by atoms with Gasteiger partial charge in [-0.2, -0.15) is 0 Å². The Kier molecular flexibility index (Phi) is 6.35. The normalized spacial score (nSPS) is 12.2. The van der Waals surface area contributed by atoms with Gasteiger partial charge in [0, 0.05) is 6.54 Å². The Labute approximate surface area is 109 Å². The maximum Gasteiger partial charge on any atom is 0.257 e. The summed E-state index contributed by atoms with van der Waals surface area (Å²) < 4.78 is 25.9. The van der Waals surface area contributed by atoms with E-state index in [1.165, 1.54) is 31.8 Å². The minimum atomic E-state index is -3.39. The molecule has 18 heavy (non-hydrogen) atoms. The summed E-state index contributed by atoms with van der Waals surface area (Å²) in [5, 5.41) is 0.127. The first kappa shape index (κ1) is 15.2. The summed E-state index contributed by atoms with van der Waals surface area (Å²) in [5.74, 6) is 0.754. The highest BCUT2D eigenvalue weighted by atomic mass is 32.2. The van der Waals surface area contributed by atoms with E-state index in [2.05, 4.69) is 28.5 Å². The van der Waals surface area contributed by atoms with Crippen molar-refractivity contribution in [1.82, 2.24) is 14.7 Å². The summed E-state index contributed by atoms with van der Waals surface area (Å²) in [7, 11) is -3.39. The number of hydrogen-bond acceptors (Lipinski definition) is 3. The molecule has 0 fully saturated rings. The SMILES string of the molecule is CC(C)CCCCCCNS(=O)(=O)c1cnc[nH]1. The Bertz CT molecular complexity index is 413. The molecule has 0 radical (unpaired) electrons. The van der Waals surface area contributed by atoms with Gasteiger partial charge in [0.2, 0.25) is 0 Å². The third-order valence-corrected chi connectivity index (χ3v) is 4.15. The van der Waals surface area contributed by atoms with Crippen molar-refractivity contribution in [2.75, 3.05) is 6.54 Å². The highest BCUT2D eigenvalue weighted by Gasteiger charge is 2.13. The van der Waals surface area contributed by atoms with Crippen LogP contribution in [0.1, 0.15) is 46.0 Å². The van der Waals surface area contributed by atoms with Crippen LogP contribution < -0.4 is 4.72 Å². The molecule has 0 aliphatic rings. The van der Waals surface area contributed by atoms with Crippen LogP contribution in [0, 0.1) is 5.92 Å². The number of rotatable bonds is 9. The van der Waals surface area contributed by atoms with E-state index in [0.717, 1.165) is 18.8 Å². The molecule has 1 heterocycles. The zero-order valence-electron chi connectivity index (χ0n) is 11.1. The number of hydrogen-bond donors (Lipinski definition) is 2. The van der Waals surface area contributed by atoms with Crippen molar-refractivity contribution in [2.45, 2.75) is 51.0 Å². The second kappa shape index (κ2) is 7.53. The van der Waals surface area contributed by atoms with Crippen molar-refractivity contribution in [3.05, 3.63) is 12.5 Å². The molecule has 6 heteroatoms. The molecule has 0 saturated carbocycles. The summed E-state index contributed by atoms with van der Waals surface area (Å²) in [5.41, 5.74) is 0. The van der Waals surface area contributed by atoms with Crippen molar-refractivity contribution in [3.63, 3.8) is 0 Å². The number of nitrogens with one attached hydrogen (secondary N) is 2. The maximum absolute atomic E-state index is 11.7. The number of H-pyrrole nitrogens is 1. The molecule has 0 bridgehead atoms. The number of aromatic nitrogens is 2. The summed E-state index contributed by atoms with van der Waals surface area (Å²) in [6.45, 7) is 4.93. The van der Waals surface area contributed by atoms with Gasteiger partial charge in [-0.1, -0.05) is 39.5 Å². The standard InChI is InChI=1S/C12H23N3O2S/c1-11(2)7-5-3-4-6-8-15-18(16,17)12-9-13-10-14-12/h9-11,15H,3-8H2,1-2H3,(H,13,14). The topological polar surface area (TPSA) is 74.8 Å². The molecule has 1 rings (SSSR count). The van der Waals surface area contributed by atoms with Crippen LogP contribution in [0.4, 0.5) is 0 Å². The number of sulfonamides is 1. The molecule has 104 valence electrons. The maximum atomic E-state index is 11.7. The molecule has 1 aromatic rings. The monoisotopic (exact) mass is 273 g/mol. The van der Waals surface area contributed by atoms with Crippen LogP contribution in [-0.4, -0.2) is 24.9 Å². The van der Waals surface area contributed by atoms with Crippen molar-refractivity contribution in [2.24, 2.45) is 5.92 Å². The lowest BCUT2D eigenvalue weighted by Gasteiger charge is -2.05. The third kappa shape index (κ3) is 5.64. The molecule has 0 aromatic carbocycles. The number of nitrogens with zero attached hydrogens (tertiary/aromatic N) is 1. The van der Waals surface area contributed by atoms with E-state index >= 15 is 0 Å². The average molecular weight is 273 g/mol. The van der Waals surface area contributed by atoms with E-state index in [4.69, 9.17) is 0 Å². The van der Waals surface area contributed by atoms with Crippen molar-refractivity contribution >= 4 is 10.0 Å². The van der Waals surface area contributed by atoms with Crippen LogP contribution in [0.15, 0.2) is 17.6 Å². The van der Waals surface area contributed by atoms with E-state index in [9.17, 15) is 8.42 Å². The van der Waals surface area contributed by atoms with Gasteiger partial charge in [0.25, 0.3) is 10.0 Å². The summed E-state index contributed by atoms with van der Waals surface area (Å²) in [4.78, 5) is 6.29. The molecule has 2 N–H and O–H groups in total. The highest BCUT2D eigenvalue weighted by molar-refractivity contribution is 7.89. The lowest BCUT2D eigenvalue weighted by molar-refractivity contribution is 0.517. The predicted molar refractivity (Wildman–Crippen MR) is 71.7 cm³/mol. The molecule has 1 aromatic heterocycles. The molecule has 0 amide bonds. The lowest BCUT2D eigenvalue weighted by atomic mass is 10.0. The first-order valence-corrected chi connectivity index (χ1v) is 7.98. The minimum Gasteiger partial charge on any atom is -0.335 e. The first-order chi connectivity index (χ1) is 8.52. The highest BCUT2D eigenvalue weighted by Crippen LogP contribution is 2.09. The molecule has 5 nitrogen and oxygen atoms in total. The van der Waals surface area contributed by atoms with Crippen LogP contribution in [-0.2, 0) is 10.0 Å². The molecular weight excluding hydrogens is 250 g/mol. The Morgan fingerprint density at radius 1 is 1.28 bits per heavy atom. The molecular formula is C12H23N3O2S. The van der Waals surface area contributed by atoms with Gasteiger partial charge >= 0.3 is 0 Å². The number of aromatic amines is 1. The van der Waals surface area contributed by atoms with Crippen LogP contribution in [0.2, 0.25) is 0 Å². The second-order valence-electron chi connectivity index (χ2n) is 4.91. The van der Waals surface area contributed by atoms with Gasteiger partial charge in [-0.3, -0.25) is 0 Å². The van der Waals surface area contributed by atoms with Crippen LogP contribution in [0.5, 0.6) is 0 Å². The first-order valence-electron chi connectivity index (χ1n) is 6.50. The Morgan fingerprint density at radius 3 is 2.61 bits per heavy atom. The fraction of sp³-hybridized carbons (Fsp3) is 0.750. The fourth-order valence-corrected chi connectivity index (χ4v) is 2.68. The van der Waals surface area contributed by atoms with E-state index in [1.54, 1.807) is 0 Å². The number of imidazole rings is 1. The van der Waals surface area contributed by atoms with Gasteiger partial charge in [-0.15, -0.1) is 0 Å². The van der Waals surface area contributed by atoms with Gasteiger partial charge in [0.15, 0.2) is 5.03 Å². The molecule has 0 aliphatic heterocycles. The largest absolute Gasteiger partial charge is 0.335 e. The quantitative estimate of drug-likeness (QED) is 0.678. The summed E-state index contributed by atoms with van der Waals surface area (Å²) in [6.07, 6.45) is 8.27. The van der Waals surface area contributed by atoms with Gasteiger partial charge in [0.05, 0.1) is 12.5 Å².